The number of likely N-dealkylation sites (N-methyl/N-ethyl adjacent to an activating group) is 2. The molecule has 206 valence electrons. The van der Waals surface area contributed by atoms with Gasteiger partial charge in [-0.1, -0.05) is 117 Å². The lowest BCUT2D eigenvalue weighted by Gasteiger charge is -2.21. The maximum Gasteiger partial charge on any atom is 0.0667 e. The van der Waals surface area contributed by atoms with E-state index in [0.717, 1.165) is 39.0 Å². The molecule has 0 rings (SSSR count). The summed E-state index contributed by atoms with van der Waals surface area (Å²) >= 11 is 0. The van der Waals surface area contributed by atoms with Gasteiger partial charge in [0, 0.05) is 13.1 Å². The molecule has 0 aromatic rings. The molecule has 0 saturated heterocycles. The molecule has 0 aromatic carbocycles. The van der Waals surface area contributed by atoms with E-state index in [1.807, 2.05) is 0 Å². The summed E-state index contributed by atoms with van der Waals surface area (Å²) in [5.41, 5.74) is 0. The standard InChI is InChI=1S/C30H64N2O2/c1-5-7-9-11-13-15-19-23-29(33)27-31(3)25-21-17-18-22-26-32(4)28-30(34)24-20-16-14-12-10-8-6-2/h29-30,33-34H,5-28H2,1-4H3. The highest BCUT2D eigenvalue weighted by atomic mass is 16.3. The Hall–Kier alpha value is -0.160. The molecular weight excluding hydrogens is 420 g/mol. The van der Waals surface area contributed by atoms with Gasteiger partial charge in [0.25, 0.3) is 0 Å². The van der Waals surface area contributed by atoms with Crippen molar-refractivity contribution in [3.8, 4) is 0 Å². The summed E-state index contributed by atoms with van der Waals surface area (Å²) in [5, 5.41) is 20.6. The van der Waals surface area contributed by atoms with Gasteiger partial charge in [0.05, 0.1) is 12.2 Å². The largest absolute Gasteiger partial charge is 0.392 e. The Morgan fingerprint density at radius 2 is 0.735 bits per heavy atom. The molecule has 2 atom stereocenters. The molecule has 0 bridgehead atoms. The number of hydrogen-bond donors (Lipinski definition) is 2. The van der Waals surface area contributed by atoms with Crippen LogP contribution in [0.5, 0.6) is 0 Å². The fourth-order valence-electron chi connectivity index (χ4n) is 4.88. The van der Waals surface area contributed by atoms with Crippen molar-refractivity contribution in [2.75, 3.05) is 40.3 Å². The molecule has 0 aliphatic rings. The Bertz CT molecular complexity index is 358. The fourth-order valence-corrected chi connectivity index (χ4v) is 4.88. The average molecular weight is 485 g/mol. The normalized spacial score (nSPS) is 13.8. The summed E-state index contributed by atoms with van der Waals surface area (Å²) in [6, 6.07) is 0. The third-order valence-corrected chi connectivity index (χ3v) is 7.16. The lowest BCUT2D eigenvalue weighted by molar-refractivity contribution is 0.112. The first-order valence-corrected chi connectivity index (χ1v) is 15.2. The van der Waals surface area contributed by atoms with Crippen LogP contribution in [0, 0.1) is 0 Å². The molecule has 0 spiro atoms. The Morgan fingerprint density at radius 1 is 0.441 bits per heavy atom. The van der Waals surface area contributed by atoms with Crippen LogP contribution in [0.4, 0.5) is 0 Å². The molecule has 2 N–H and O–H groups in total. The maximum atomic E-state index is 10.3. The van der Waals surface area contributed by atoms with Gasteiger partial charge in [0.15, 0.2) is 0 Å². The first-order valence-electron chi connectivity index (χ1n) is 15.2. The van der Waals surface area contributed by atoms with Crippen molar-refractivity contribution in [1.82, 2.24) is 9.80 Å². The Labute approximate surface area is 214 Å². The van der Waals surface area contributed by atoms with Crippen molar-refractivity contribution in [1.29, 1.82) is 0 Å². The molecule has 0 amide bonds. The summed E-state index contributed by atoms with van der Waals surface area (Å²) in [6.07, 6.45) is 24.9. The molecule has 0 fully saturated rings. The second-order valence-electron chi connectivity index (χ2n) is 11.1. The first kappa shape index (κ1) is 33.8. The van der Waals surface area contributed by atoms with Crippen LogP contribution >= 0.6 is 0 Å². The lowest BCUT2D eigenvalue weighted by Crippen LogP contribution is -2.30. The molecule has 4 nitrogen and oxygen atoms in total. The second kappa shape index (κ2) is 25.9. The molecule has 0 aliphatic carbocycles. The van der Waals surface area contributed by atoms with E-state index in [2.05, 4.69) is 37.7 Å². The van der Waals surface area contributed by atoms with Crippen molar-refractivity contribution in [2.45, 2.75) is 154 Å². The average Bonchev–Trinajstić information content (AvgIpc) is 2.80. The highest BCUT2D eigenvalue weighted by Gasteiger charge is 2.09. The van der Waals surface area contributed by atoms with Gasteiger partial charge in [-0.2, -0.15) is 0 Å². The Balaban J connectivity index is 3.50. The summed E-state index contributed by atoms with van der Waals surface area (Å²) in [7, 11) is 4.29. The van der Waals surface area contributed by atoms with Crippen LogP contribution in [0.2, 0.25) is 0 Å². The fraction of sp³-hybridized carbons (Fsp3) is 1.00. The SMILES string of the molecule is CCCCCCCCCC(O)CN(C)CCCCCCN(C)CC(O)CCCCCCCCC. The zero-order chi connectivity index (χ0) is 25.3. The van der Waals surface area contributed by atoms with Gasteiger partial charge in [-0.3, -0.25) is 0 Å². The van der Waals surface area contributed by atoms with E-state index in [9.17, 15) is 10.2 Å². The summed E-state index contributed by atoms with van der Waals surface area (Å²) in [6.45, 7) is 8.32. The van der Waals surface area contributed by atoms with E-state index in [1.165, 1.54) is 116 Å². The third-order valence-electron chi connectivity index (χ3n) is 7.16. The second-order valence-corrected chi connectivity index (χ2v) is 11.1. The molecule has 0 aliphatic heterocycles. The van der Waals surface area contributed by atoms with Crippen molar-refractivity contribution in [2.24, 2.45) is 0 Å². The Morgan fingerprint density at radius 3 is 1.09 bits per heavy atom. The van der Waals surface area contributed by atoms with Crippen LogP contribution in [0.25, 0.3) is 0 Å². The number of hydrogen-bond acceptors (Lipinski definition) is 4. The minimum absolute atomic E-state index is 0.165. The molecule has 0 aromatic heterocycles. The highest BCUT2D eigenvalue weighted by Crippen LogP contribution is 2.12. The summed E-state index contributed by atoms with van der Waals surface area (Å²) in [4.78, 5) is 4.61. The number of unbranched alkanes of at least 4 members (excludes halogenated alkanes) is 15. The van der Waals surface area contributed by atoms with E-state index in [-0.39, 0.29) is 12.2 Å². The summed E-state index contributed by atoms with van der Waals surface area (Å²) in [5.74, 6) is 0. The first-order chi connectivity index (χ1) is 16.5. The van der Waals surface area contributed by atoms with E-state index in [4.69, 9.17) is 0 Å². The minimum Gasteiger partial charge on any atom is -0.392 e. The zero-order valence-electron chi connectivity index (χ0n) is 23.9. The highest BCUT2D eigenvalue weighted by molar-refractivity contribution is 4.64. The van der Waals surface area contributed by atoms with E-state index in [1.54, 1.807) is 0 Å². The maximum absolute atomic E-state index is 10.3. The number of aliphatic hydroxyl groups excluding tert-OH is 2. The van der Waals surface area contributed by atoms with Crippen LogP contribution < -0.4 is 0 Å². The van der Waals surface area contributed by atoms with Gasteiger partial charge in [0.2, 0.25) is 0 Å². The van der Waals surface area contributed by atoms with E-state index < -0.39 is 0 Å². The van der Waals surface area contributed by atoms with Gasteiger partial charge in [-0.05, 0) is 52.9 Å². The van der Waals surface area contributed by atoms with Gasteiger partial charge < -0.3 is 20.0 Å². The van der Waals surface area contributed by atoms with E-state index >= 15 is 0 Å². The van der Waals surface area contributed by atoms with Gasteiger partial charge in [0.1, 0.15) is 0 Å². The molecule has 0 radical (unpaired) electrons. The molecule has 0 heterocycles. The van der Waals surface area contributed by atoms with Gasteiger partial charge in [-0.25, -0.2) is 0 Å². The number of rotatable bonds is 27. The van der Waals surface area contributed by atoms with Crippen molar-refractivity contribution in [3.05, 3.63) is 0 Å². The molecular formula is C30H64N2O2. The van der Waals surface area contributed by atoms with E-state index in [0.29, 0.717) is 0 Å². The monoisotopic (exact) mass is 484 g/mol. The molecule has 2 unspecified atom stereocenters. The van der Waals surface area contributed by atoms with Crippen LogP contribution in [0.3, 0.4) is 0 Å². The van der Waals surface area contributed by atoms with Crippen LogP contribution in [-0.2, 0) is 0 Å². The minimum atomic E-state index is -0.165. The van der Waals surface area contributed by atoms with Crippen LogP contribution in [0.15, 0.2) is 0 Å². The Kier molecular flexibility index (Phi) is 25.8. The predicted octanol–water partition coefficient (Wildman–Crippen LogP) is 7.41. The zero-order valence-corrected chi connectivity index (χ0v) is 23.9. The molecule has 34 heavy (non-hydrogen) atoms. The van der Waals surface area contributed by atoms with Crippen molar-refractivity contribution < 1.29 is 10.2 Å². The van der Waals surface area contributed by atoms with Crippen LogP contribution in [0.1, 0.15) is 142 Å². The third kappa shape index (κ3) is 24.9. The molecule has 0 saturated carbocycles. The van der Waals surface area contributed by atoms with Crippen LogP contribution in [-0.4, -0.2) is 72.5 Å². The topological polar surface area (TPSA) is 46.9 Å². The summed E-state index contributed by atoms with van der Waals surface area (Å²) < 4.78 is 0. The van der Waals surface area contributed by atoms with Crippen molar-refractivity contribution in [3.63, 3.8) is 0 Å². The van der Waals surface area contributed by atoms with Gasteiger partial charge in [-0.15, -0.1) is 0 Å². The quantitative estimate of drug-likeness (QED) is 0.119. The smallest absolute Gasteiger partial charge is 0.0667 e. The van der Waals surface area contributed by atoms with Gasteiger partial charge >= 0.3 is 0 Å². The lowest BCUT2D eigenvalue weighted by atomic mass is 10.1. The number of aliphatic hydroxyl groups is 2. The number of nitrogens with zero attached hydrogens (tertiary/aromatic N) is 2. The molecule has 4 heteroatoms. The predicted molar refractivity (Wildman–Crippen MR) is 151 cm³/mol. The van der Waals surface area contributed by atoms with Crippen molar-refractivity contribution >= 4 is 0 Å².